The molecule has 0 bridgehead atoms. The van der Waals surface area contributed by atoms with Crippen LogP contribution in [-0.4, -0.2) is 37.5 Å². The second-order valence-electron chi connectivity index (χ2n) is 9.83. The van der Waals surface area contributed by atoms with Crippen LogP contribution in [0.1, 0.15) is 45.4 Å². The molecule has 0 aliphatic carbocycles. The van der Waals surface area contributed by atoms with Gasteiger partial charge in [0.2, 0.25) is 0 Å². The molecule has 0 aromatic heterocycles. The van der Waals surface area contributed by atoms with Gasteiger partial charge in [0.1, 0.15) is 0 Å². The molecule has 232 valence electrons. The summed E-state index contributed by atoms with van der Waals surface area (Å²) in [5, 5.41) is -0.805. The molecule has 42 heavy (non-hydrogen) atoms. The Morgan fingerprint density at radius 2 is 0.857 bits per heavy atom. The number of rotatable bonds is 13. The van der Waals surface area contributed by atoms with Crippen molar-refractivity contribution in [3.8, 4) is 0 Å². The van der Waals surface area contributed by atoms with Crippen molar-refractivity contribution in [3.05, 3.63) is 91.0 Å². The van der Waals surface area contributed by atoms with E-state index in [4.69, 9.17) is 0 Å². The third-order valence-electron chi connectivity index (χ3n) is 7.24. The molecular weight excluding hydrogens is 623 g/mol. The fourth-order valence-electron chi connectivity index (χ4n) is 5.43. The first kappa shape index (κ1) is 34.0. The van der Waals surface area contributed by atoms with Crippen molar-refractivity contribution in [1.29, 1.82) is 0 Å². The molecule has 0 aliphatic rings. The minimum absolute atomic E-state index is 0.0581. The quantitative estimate of drug-likeness (QED) is 0.116. The molecule has 0 spiro atoms. The van der Waals surface area contributed by atoms with Crippen LogP contribution in [0, 0.1) is 0 Å². The Labute approximate surface area is 242 Å². The molecule has 0 heterocycles. The van der Waals surface area contributed by atoms with Crippen LogP contribution in [0.3, 0.4) is 0 Å². The Balaban J connectivity index is 2.71. The van der Waals surface area contributed by atoms with Crippen molar-refractivity contribution in [2.45, 2.75) is 56.5 Å². The van der Waals surface area contributed by atoms with Crippen molar-refractivity contribution in [3.63, 3.8) is 0 Å². The van der Waals surface area contributed by atoms with Crippen molar-refractivity contribution >= 4 is 42.7 Å². The topological polar surface area (TPSA) is 71.5 Å². The van der Waals surface area contributed by atoms with Gasteiger partial charge in [-0.05, 0) is 0 Å². The monoisotopic (exact) mass is 655 g/mol. The first-order valence-electron chi connectivity index (χ1n) is 13.2. The van der Waals surface area contributed by atoms with E-state index < -0.39 is 47.5 Å². The number of unbranched alkanes of at least 4 members (excludes halogenated alkanes) is 5. The summed E-state index contributed by atoms with van der Waals surface area (Å²) in [6.07, 6.45) is 2.65. The number of hydrogen-bond donors (Lipinski definition) is 0. The third kappa shape index (κ3) is 5.73. The van der Waals surface area contributed by atoms with Crippen molar-refractivity contribution < 1.29 is 43.2 Å². The summed E-state index contributed by atoms with van der Waals surface area (Å²) in [7, 11) is -14.4. The van der Waals surface area contributed by atoms with Crippen LogP contribution < -0.4 is 15.9 Å². The number of halogens is 6. The predicted octanol–water partition coefficient (Wildman–Crippen LogP) is 6.79. The zero-order valence-corrected chi connectivity index (χ0v) is 25.2. The fourth-order valence-corrected chi connectivity index (χ4v) is 19.5. The number of benzene rings is 3. The Morgan fingerprint density at radius 1 is 0.548 bits per heavy atom. The molecule has 0 saturated heterocycles. The molecular formula is C28H32F6NO4PS2. The summed E-state index contributed by atoms with van der Waals surface area (Å²) < 4.78 is 140. The number of sulfonamides is 2. The number of nitrogens with zero attached hydrogens (tertiary/aromatic N) is 1. The van der Waals surface area contributed by atoms with Crippen LogP contribution in [0.5, 0.6) is 0 Å². The van der Waals surface area contributed by atoms with E-state index in [0.717, 1.165) is 19.3 Å². The SMILES string of the molecule is CCCCCCCCP(c1ccccc1)(c1ccccc1)(c1ccccc1)N(S(=O)(=O)C(F)(F)F)S(=O)(=O)C(F)(F)F. The first-order chi connectivity index (χ1) is 19.6. The minimum atomic E-state index is -7.21. The van der Waals surface area contributed by atoms with E-state index >= 15 is 0 Å². The van der Waals surface area contributed by atoms with Gasteiger partial charge in [-0.3, -0.25) is 0 Å². The molecule has 0 N–H and O–H groups in total. The summed E-state index contributed by atoms with van der Waals surface area (Å²) >= 11 is 0. The molecule has 0 fully saturated rings. The Hall–Kier alpha value is -2.47. The van der Waals surface area contributed by atoms with Crippen LogP contribution in [0.25, 0.3) is 0 Å². The number of hydrogen-bond acceptors (Lipinski definition) is 4. The van der Waals surface area contributed by atoms with E-state index in [-0.39, 0.29) is 22.3 Å². The van der Waals surface area contributed by atoms with Gasteiger partial charge >= 0.3 is 243 Å². The molecule has 0 radical (unpaired) electrons. The van der Waals surface area contributed by atoms with Crippen LogP contribution in [0.4, 0.5) is 26.3 Å². The zero-order chi connectivity index (χ0) is 31.3. The van der Waals surface area contributed by atoms with E-state index in [1.165, 1.54) is 91.0 Å². The van der Waals surface area contributed by atoms with E-state index in [1.54, 1.807) is 0 Å². The van der Waals surface area contributed by atoms with Gasteiger partial charge in [-0.2, -0.15) is 0 Å². The Bertz CT molecular complexity index is 1390. The molecule has 0 aliphatic heterocycles. The van der Waals surface area contributed by atoms with Gasteiger partial charge in [0.15, 0.2) is 0 Å². The van der Waals surface area contributed by atoms with E-state index in [2.05, 4.69) is 0 Å². The Kier molecular flexibility index (Phi) is 10.2. The molecule has 0 amide bonds. The summed E-state index contributed by atoms with van der Waals surface area (Å²) in [4.78, 5) is 0. The average molecular weight is 656 g/mol. The third-order valence-corrected chi connectivity index (χ3v) is 20.0. The van der Waals surface area contributed by atoms with Crippen molar-refractivity contribution in [2.75, 3.05) is 6.16 Å². The average Bonchev–Trinajstić information content (AvgIpc) is 2.94. The summed E-state index contributed by atoms with van der Waals surface area (Å²) in [5.41, 5.74) is -12.8. The van der Waals surface area contributed by atoms with Gasteiger partial charge in [-0.1, -0.05) is 0 Å². The predicted molar refractivity (Wildman–Crippen MR) is 155 cm³/mol. The van der Waals surface area contributed by atoms with Gasteiger partial charge in [0.05, 0.1) is 0 Å². The normalized spacial score (nSPS) is 14.4. The van der Waals surface area contributed by atoms with Crippen molar-refractivity contribution in [2.24, 2.45) is 0 Å². The van der Waals surface area contributed by atoms with Crippen LogP contribution in [0.2, 0.25) is 0 Å². The molecule has 3 aromatic carbocycles. The molecule has 3 aromatic rings. The van der Waals surface area contributed by atoms with Crippen LogP contribution >= 0.6 is 6.75 Å². The summed E-state index contributed by atoms with van der Waals surface area (Å²) in [6.45, 7) is -4.03. The van der Waals surface area contributed by atoms with Crippen LogP contribution in [0.15, 0.2) is 91.0 Å². The Morgan fingerprint density at radius 3 is 1.17 bits per heavy atom. The molecule has 0 unspecified atom stereocenters. The van der Waals surface area contributed by atoms with Gasteiger partial charge in [0.25, 0.3) is 0 Å². The second kappa shape index (κ2) is 12.6. The van der Waals surface area contributed by atoms with Gasteiger partial charge in [-0.15, -0.1) is 0 Å². The molecule has 5 nitrogen and oxygen atoms in total. The summed E-state index contributed by atoms with van der Waals surface area (Å²) in [6, 6.07) is 19.6. The van der Waals surface area contributed by atoms with Gasteiger partial charge in [-0.25, -0.2) is 0 Å². The van der Waals surface area contributed by atoms with Gasteiger partial charge in [0, 0.05) is 0 Å². The summed E-state index contributed by atoms with van der Waals surface area (Å²) in [5.74, 6) is 0. The van der Waals surface area contributed by atoms with E-state index in [9.17, 15) is 43.2 Å². The van der Waals surface area contributed by atoms with E-state index in [1.807, 2.05) is 6.92 Å². The van der Waals surface area contributed by atoms with Crippen LogP contribution in [-0.2, 0) is 20.0 Å². The maximum absolute atomic E-state index is 14.5. The second-order valence-corrected chi connectivity index (χ2v) is 19.1. The maximum atomic E-state index is 14.5. The molecule has 0 atom stereocenters. The first-order valence-corrected chi connectivity index (χ1v) is 18.5. The van der Waals surface area contributed by atoms with E-state index in [0.29, 0.717) is 12.8 Å². The van der Waals surface area contributed by atoms with Crippen molar-refractivity contribution in [1.82, 2.24) is 3.48 Å². The molecule has 3 rings (SSSR count). The zero-order valence-electron chi connectivity index (χ0n) is 22.7. The van der Waals surface area contributed by atoms with Gasteiger partial charge < -0.3 is 0 Å². The number of alkyl halides is 6. The standard InChI is InChI=1S/C28H32F6NO4PS2/c1-2-3-4-5-6-16-23-40(24-17-10-7-11-18-24,25-19-12-8-13-20-25,26-21-14-9-15-22-26)35(41(36,37)27(29,30)31)42(38,39)28(32,33)34/h7-15,17-22H,2-6,16,23H2,1H3. The molecule has 14 heteroatoms. The fraction of sp³-hybridized carbons (Fsp3) is 0.357. The molecule has 0 saturated carbocycles.